The first-order valence-corrected chi connectivity index (χ1v) is 10.0. The number of carbonyl (C=O) groups excluding carboxylic acids is 1. The molecule has 0 saturated heterocycles. The predicted octanol–water partition coefficient (Wildman–Crippen LogP) is 3.85. The minimum Gasteiger partial charge on any atom is -0.352 e. The lowest BCUT2D eigenvalue weighted by Gasteiger charge is -2.29. The quantitative estimate of drug-likeness (QED) is 0.548. The van der Waals surface area contributed by atoms with E-state index in [1.54, 1.807) is 18.3 Å². The molecule has 32 heavy (non-hydrogen) atoms. The van der Waals surface area contributed by atoms with Gasteiger partial charge in [0.25, 0.3) is 0 Å². The average molecular weight is 460 g/mol. The monoisotopic (exact) mass is 460 g/mol. The van der Waals surface area contributed by atoms with E-state index in [9.17, 15) is 18.0 Å². The number of hydrogen-bond donors (Lipinski definition) is 0. The summed E-state index contributed by atoms with van der Waals surface area (Å²) in [5.41, 5.74) is 2.04. The van der Waals surface area contributed by atoms with Crippen molar-refractivity contribution < 1.29 is 22.2 Å². The van der Waals surface area contributed by atoms with Gasteiger partial charge in [-0.05, 0) is 30.7 Å². The topological polar surface area (TPSA) is 76.1 Å². The van der Waals surface area contributed by atoms with E-state index < -0.39 is 11.7 Å². The van der Waals surface area contributed by atoms with Gasteiger partial charge in [0.05, 0.1) is 11.3 Å². The van der Waals surface area contributed by atoms with Crippen molar-refractivity contribution in [3.05, 3.63) is 82.6 Å². The Morgan fingerprint density at radius 2 is 1.94 bits per heavy atom. The van der Waals surface area contributed by atoms with Gasteiger partial charge < -0.3 is 4.90 Å². The summed E-state index contributed by atoms with van der Waals surface area (Å²) in [5, 5.41) is 0. The van der Waals surface area contributed by atoms with Crippen LogP contribution >= 0.6 is 0 Å². The number of halogens is 3. The van der Waals surface area contributed by atoms with Gasteiger partial charge in [-0.25, -0.2) is 15.0 Å². The summed E-state index contributed by atoms with van der Waals surface area (Å²) < 4.78 is 46.6. The summed E-state index contributed by atoms with van der Waals surface area (Å²) in [7, 11) is 0. The van der Waals surface area contributed by atoms with Gasteiger partial charge in [-0.1, -0.05) is 18.2 Å². The SMILES string of the molecule is Cc1ncc2c(n1)CCN(c1cc(C(=O)Cc3cccc(C(F)(F)F)c3)ccn1)C2.O=S. The minimum atomic E-state index is -4.43. The molecule has 0 fully saturated rings. The van der Waals surface area contributed by atoms with Gasteiger partial charge in [0.2, 0.25) is 0 Å². The second kappa shape index (κ2) is 9.90. The van der Waals surface area contributed by atoms with E-state index in [-0.39, 0.29) is 12.2 Å². The summed E-state index contributed by atoms with van der Waals surface area (Å²) in [4.78, 5) is 27.8. The molecule has 10 heteroatoms. The lowest BCUT2D eigenvalue weighted by Crippen LogP contribution is -2.32. The Balaban J connectivity index is 0.00000141. The second-order valence-corrected chi connectivity index (χ2v) is 7.26. The highest BCUT2D eigenvalue weighted by Gasteiger charge is 2.30. The Kier molecular flexibility index (Phi) is 7.24. The van der Waals surface area contributed by atoms with Gasteiger partial charge in [-0.3, -0.25) is 4.79 Å². The van der Waals surface area contributed by atoms with E-state index in [0.717, 1.165) is 35.6 Å². The Morgan fingerprint density at radius 1 is 1.16 bits per heavy atom. The van der Waals surface area contributed by atoms with Gasteiger partial charge in [0.15, 0.2) is 18.3 Å². The molecule has 1 aromatic carbocycles. The van der Waals surface area contributed by atoms with Crippen molar-refractivity contribution in [2.45, 2.75) is 32.5 Å². The zero-order valence-corrected chi connectivity index (χ0v) is 17.9. The normalized spacial score (nSPS) is 13.1. The summed E-state index contributed by atoms with van der Waals surface area (Å²) in [6, 6.07) is 8.14. The molecular weight excluding hydrogens is 441 g/mol. The first-order chi connectivity index (χ1) is 15.3. The number of carbonyl (C=O) groups is 1. The fourth-order valence-electron chi connectivity index (χ4n) is 3.52. The van der Waals surface area contributed by atoms with Crippen molar-refractivity contribution in [2.75, 3.05) is 11.4 Å². The highest BCUT2D eigenvalue weighted by molar-refractivity contribution is 7.44. The number of alkyl halides is 3. The Hall–Kier alpha value is -3.27. The van der Waals surface area contributed by atoms with E-state index in [1.165, 1.54) is 12.1 Å². The molecule has 0 amide bonds. The Morgan fingerprint density at radius 3 is 2.69 bits per heavy atom. The fraction of sp³-hybridized carbons (Fsp3) is 0.273. The van der Waals surface area contributed by atoms with Crippen LogP contribution in [0.2, 0.25) is 0 Å². The zero-order valence-electron chi connectivity index (χ0n) is 17.1. The molecule has 6 nitrogen and oxygen atoms in total. The molecule has 0 aliphatic carbocycles. The van der Waals surface area contributed by atoms with E-state index in [2.05, 4.69) is 27.5 Å². The molecule has 0 spiro atoms. The molecule has 2 aromatic heterocycles. The fourth-order valence-corrected chi connectivity index (χ4v) is 3.52. The van der Waals surface area contributed by atoms with Gasteiger partial charge >= 0.3 is 6.18 Å². The van der Waals surface area contributed by atoms with E-state index in [4.69, 9.17) is 4.21 Å². The molecule has 1 aliphatic rings. The van der Waals surface area contributed by atoms with Crippen LogP contribution in [0.4, 0.5) is 19.0 Å². The molecular formula is C22H19F3N4O2S. The van der Waals surface area contributed by atoms with Crippen molar-refractivity contribution in [3.8, 4) is 0 Å². The Labute approximate surface area is 188 Å². The third-order valence-electron chi connectivity index (χ3n) is 5.06. The second-order valence-electron chi connectivity index (χ2n) is 7.26. The van der Waals surface area contributed by atoms with Gasteiger partial charge in [-0.2, -0.15) is 17.4 Å². The number of ketones is 1. The van der Waals surface area contributed by atoms with Crippen molar-refractivity contribution in [2.24, 2.45) is 0 Å². The molecule has 1 aliphatic heterocycles. The molecule has 3 aromatic rings. The van der Waals surface area contributed by atoms with Crippen LogP contribution in [0.1, 0.15) is 38.6 Å². The lowest BCUT2D eigenvalue weighted by atomic mass is 10.0. The maximum absolute atomic E-state index is 12.9. The van der Waals surface area contributed by atoms with E-state index >= 15 is 0 Å². The number of aromatic nitrogens is 3. The summed E-state index contributed by atoms with van der Waals surface area (Å²) >= 11 is 2.83. The molecule has 166 valence electrons. The van der Waals surface area contributed by atoms with E-state index in [0.29, 0.717) is 30.0 Å². The highest BCUT2D eigenvalue weighted by atomic mass is 32.1. The summed E-state index contributed by atoms with van der Waals surface area (Å²) in [5.74, 6) is 1.13. The molecule has 0 bridgehead atoms. The van der Waals surface area contributed by atoms with Crippen LogP contribution < -0.4 is 4.90 Å². The number of nitrogens with zero attached hydrogens (tertiary/aromatic N) is 4. The lowest BCUT2D eigenvalue weighted by molar-refractivity contribution is -0.137. The Bertz CT molecular complexity index is 1120. The van der Waals surface area contributed by atoms with Crippen molar-refractivity contribution in [1.29, 1.82) is 0 Å². The molecule has 0 radical (unpaired) electrons. The largest absolute Gasteiger partial charge is 0.416 e. The third-order valence-corrected chi connectivity index (χ3v) is 5.06. The minimum absolute atomic E-state index is 0.108. The predicted molar refractivity (Wildman–Crippen MR) is 113 cm³/mol. The van der Waals surface area contributed by atoms with Crippen LogP contribution in [0.25, 0.3) is 0 Å². The number of rotatable bonds is 4. The number of aryl methyl sites for hydroxylation is 1. The van der Waals surface area contributed by atoms with Crippen molar-refractivity contribution >= 4 is 24.1 Å². The first-order valence-electron chi connectivity index (χ1n) is 9.68. The van der Waals surface area contributed by atoms with Gasteiger partial charge in [0, 0.05) is 49.5 Å². The smallest absolute Gasteiger partial charge is 0.352 e. The van der Waals surface area contributed by atoms with Gasteiger partial charge in [-0.15, -0.1) is 0 Å². The maximum atomic E-state index is 12.9. The summed E-state index contributed by atoms with van der Waals surface area (Å²) in [6.45, 7) is 3.16. The van der Waals surface area contributed by atoms with Crippen molar-refractivity contribution in [3.63, 3.8) is 0 Å². The van der Waals surface area contributed by atoms with Crippen LogP contribution in [0.3, 0.4) is 0 Å². The molecule has 0 saturated carbocycles. The average Bonchev–Trinajstić information content (AvgIpc) is 2.80. The van der Waals surface area contributed by atoms with E-state index in [1.807, 2.05) is 18.0 Å². The molecule has 3 heterocycles. The van der Waals surface area contributed by atoms with Crippen LogP contribution in [0.5, 0.6) is 0 Å². The molecule has 0 atom stereocenters. The number of hydrogen-bond acceptors (Lipinski definition) is 7. The zero-order chi connectivity index (χ0) is 23.3. The molecule has 0 unspecified atom stereocenters. The molecule has 0 N–H and O–H groups in total. The number of fused-ring (bicyclic) bond motifs is 1. The number of benzene rings is 1. The van der Waals surface area contributed by atoms with Gasteiger partial charge in [0.1, 0.15) is 11.6 Å². The van der Waals surface area contributed by atoms with Crippen LogP contribution in [0, 0.1) is 6.92 Å². The third kappa shape index (κ3) is 5.50. The van der Waals surface area contributed by atoms with Crippen LogP contribution in [0.15, 0.2) is 48.8 Å². The summed E-state index contributed by atoms with van der Waals surface area (Å²) in [6.07, 6.45) is -0.426. The molecule has 4 rings (SSSR count). The number of Topliss-reactive ketones (excluding diaryl/α,β-unsaturated/α-hetero) is 1. The van der Waals surface area contributed by atoms with Crippen LogP contribution in [-0.2, 0) is 38.1 Å². The number of anilines is 1. The highest BCUT2D eigenvalue weighted by Crippen LogP contribution is 2.30. The van der Waals surface area contributed by atoms with Crippen LogP contribution in [-0.4, -0.2) is 31.5 Å². The first kappa shape index (κ1) is 23.4. The standard InChI is InChI=1S/C22H19F3N4O.OS/c1-14-27-12-17-13-29(8-6-19(17)28-14)21-11-16(5-7-26-21)20(30)10-15-3-2-4-18(9-15)22(23,24)25;1-2/h2-5,7,9,11-12H,6,8,10,13H2,1H3;. The maximum Gasteiger partial charge on any atom is 0.416 e. The van der Waals surface area contributed by atoms with Crippen molar-refractivity contribution in [1.82, 2.24) is 15.0 Å². The number of pyridine rings is 1.